The summed E-state index contributed by atoms with van der Waals surface area (Å²) in [5.41, 5.74) is 0. The minimum Gasteiger partial charge on any atom is -0.467 e. The zero-order valence-corrected chi connectivity index (χ0v) is 16.4. The first-order valence-electron chi connectivity index (χ1n) is 9.48. The Kier molecular flexibility index (Phi) is 6.02. The number of nitrogens with zero attached hydrogens (tertiary/aromatic N) is 3. The summed E-state index contributed by atoms with van der Waals surface area (Å²) in [7, 11) is 3.32. The van der Waals surface area contributed by atoms with E-state index in [9.17, 15) is 14.4 Å². The Morgan fingerprint density at radius 1 is 1.19 bits per heavy atom. The molecule has 9 heteroatoms. The van der Waals surface area contributed by atoms with Gasteiger partial charge >= 0.3 is 5.97 Å². The lowest BCUT2D eigenvalue weighted by Crippen LogP contribution is -2.58. The Labute approximate surface area is 159 Å². The van der Waals surface area contributed by atoms with Gasteiger partial charge in [0, 0.05) is 26.2 Å². The van der Waals surface area contributed by atoms with Crippen LogP contribution in [0.1, 0.15) is 20.3 Å². The van der Waals surface area contributed by atoms with Crippen molar-refractivity contribution in [3.8, 4) is 0 Å². The fourth-order valence-corrected chi connectivity index (χ4v) is 3.80. The molecule has 0 unspecified atom stereocenters. The summed E-state index contributed by atoms with van der Waals surface area (Å²) >= 11 is 0. The number of likely N-dealkylation sites (N-methyl/N-ethyl adjacent to an activating group) is 1. The summed E-state index contributed by atoms with van der Waals surface area (Å²) in [5.74, 6) is -0.858. The molecule has 0 radical (unpaired) electrons. The lowest BCUT2D eigenvalue weighted by atomic mass is 10.0. The first kappa shape index (κ1) is 20.0. The molecule has 9 nitrogen and oxygen atoms in total. The number of carbonyl (C=O) groups excluding carboxylic acids is 3. The standard InChI is InChI=1S/C18H29N3O6/c1-11(2)9-12(18(24)25-4)21-10-13-26-14(15(27-13)17(21)23)16(22)20-7-5-19(3)6-8-20/h11-15H,5-10H2,1-4H3/t12-,13+,14-,15+/m0/s1. The van der Waals surface area contributed by atoms with Crippen molar-refractivity contribution in [3.05, 3.63) is 0 Å². The van der Waals surface area contributed by atoms with Crippen LogP contribution in [0.3, 0.4) is 0 Å². The summed E-state index contributed by atoms with van der Waals surface area (Å²) in [6, 6.07) is -0.697. The van der Waals surface area contributed by atoms with Crippen molar-refractivity contribution >= 4 is 17.8 Å². The predicted molar refractivity (Wildman–Crippen MR) is 94.6 cm³/mol. The zero-order chi connectivity index (χ0) is 19.7. The van der Waals surface area contributed by atoms with Crippen molar-refractivity contribution in [1.29, 1.82) is 0 Å². The van der Waals surface area contributed by atoms with Gasteiger partial charge in [-0.3, -0.25) is 9.59 Å². The van der Waals surface area contributed by atoms with Crippen LogP contribution in [0.15, 0.2) is 0 Å². The highest BCUT2D eigenvalue weighted by Gasteiger charge is 2.54. The molecular weight excluding hydrogens is 354 g/mol. The average molecular weight is 383 g/mol. The van der Waals surface area contributed by atoms with E-state index in [4.69, 9.17) is 14.2 Å². The van der Waals surface area contributed by atoms with Gasteiger partial charge in [0.1, 0.15) is 6.04 Å². The van der Waals surface area contributed by atoms with Gasteiger partial charge in [0.15, 0.2) is 18.5 Å². The largest absolute Gasteiger partial charge is 0.467 e. The Hall–Kier alpha value is -1.71. The minimum atomic E-state index is -1.00. The number of rotatable bonds is 5. The molecule has 27 heavy (non-hydrogen) atoms. The molecule has 3 rings (SSSR count). The van der Waals surface area contributed by atoms with Crippen LogP contribution in [-0.4, -0.2) is 104 Å². The number of piperazine rings is 1. The summed E-state index contributed by atoms with van der Waals surface area (Å²) < 4.78 is 16.3. The van der Waals surface area contributed by atoms with E-state index in [2.05, 4.69) is 4.90 Å². The summed E-state index contributed by atoms with van der Waals surface area (Å²) in [4.78, 5) is 43.5. The molecule has 0 aliphatic carbocycles. The quantitative estimate of drug-likeness (QED) is 0.580. The van der Waals surface area contributed by atoms with Crippen molar-refractivity contribution in [2.24, 2.45) is 5.92 Å². The molecule has 3 saturated heterocycles. The average Bonchev–Trinajstić information content (AvgIpc) is 3.01. The Morgan fingerprint density at radius 2 is 1.85 bits per heavy atom. The van der Waals surface area contributed by atoms with Gasteiger partial charge in [-0.2, -0.15) is 0 Å². The van der Waals surface area contributed by atoms with E-state index in [0.29, 0.717) is 19.5 Å². The van der Waals surface area contributed by atoms with Crippen molar-refractivity contribution in [3.63, 3.8) is 0 Å². The van der Waals surface area contributed by atoms with Crippen LogP contribution in [0.2, 0.25) is 0 Å². The number of morpholine rings is 1. The van der Waals surface area contributed by atoms with Crippen molar-refractivity contribution < 1.29 is 28.6 Å². The maximum absolute atomic E-state index is 13.0. The molecule has 4 atom stereocenters. The predicted octanol–water partition coefficient (Wildman–Crippen LogP) is -0.700. The van der Waals surface area contributed by atoms with Crippen LogP contribution in [0.5, 0.6) is 0 Å². The molecule has 0 N–H and O–H groups in total. The second kappa shape index (κ2) is 8.12. The molecule has 3 aliphatic rings. The van der Waals surface area contributed by atoms with E-state index in [1.54, 1.807) is 4.90 Å². The molecule has 0 aromatic heterocycles. The third kappa shape index (κ3) is 4.09. The SMILES string of the molecule is COC(=O)[C@H](CC(C)C)N1C[C@@H]2O[C@H](C(=O)N3CCN(C)CC3)[C@@H](O2)C1=O. The molecule has 0 aromatic rings. The second-order valence-corrected chi connectivity index (χ2v) is 7.83. The van der Waals surface area contributed by atoms with E-state index in [1.165, 1.54) is 12.0 Å². The molecular formula is C18H29N3O6. The topological polar surface area (TPSA) is 88.6 Å². The van der Waals surface area contributed by atoms with Crippen LogP contribution in [-0.2, 0) is 28.6 Å². The highest BCUT2D eigenvalue weighted by atomic mass is 16.7. The highest BCUT2D eigenvalue weighted by Crippen LogP contribution is 2.31. The first-order chi connectivity index (χ1) is 12.8. The van der Waals surface area contributed by atoms with E-state index >= 15 is 0 Å². The van der Waals surface area contributed by atoms with E-state index in [-0.39, 0.29) is 24.3 Å². The van der Waals surface area contributed by atoms with Crippen LogP contribution >= 0.6 is 0 Å². The van der Waals surface area contributed by atoms with E-state index in [1.807, 2.05) is 20.9 Å². The maximum Gasteiger partial charge on any atom is 0.328 e. The first-order valence-corrected chi connectivity index (χ1v) is 9.48. The molecule has 152 valence electrons. The van der Waals surface area contributed by atoms with Crippen LogP contribution in [0.4, 0.5) is 0 Å². The molecule has 0 spiro atoms. The van der Waals surface area contributed by atoms with E-state index in [0.717, 1.165) is 13.1 Å². The smallest absolute Gasteiger partial charge is 0.328 e. The van der Waals surface area contributed by atoms with Crippen molar-refractivity contribution in [1.82, 2.24) is 14.7 Å². The van der Waals surface area contributed by atoms with Gasteiger partial charge in [-0.15, -0.1) is 0 Å². The fourth-order valence-electron chi connectivity index (χ4n) is 3.80. The number of hydrogen-bond donors (Lipinski definition) is 0. The number of ether oxygens (including phenoxy) is 3. The van der Waals surface area contributed by atoms with Gasteiger partial charge in [0.05, 0.1) is 13.7 Å². The number of carbonyl (C=O) groups is 3. The fraction of sp³-hybridized carbons (Fsp3) is 0.833. The third-order valence-corrected chi connectivity index (χ3v) is 5.35. The Bertz CT molecular complexity index is 590. The van der Waals surface area contributed by atoms with Crippen molar-refractivity contribution in [2.45, 2.75) is 44.8 Å². The Morgan fingerprint density at radius 3 is 2.44 bits per heavy atom. The van der Waals surface area contributed by atoms with Crippen molar-refractivity contribution in [2.75, 3.05) is 46.9 Å². The van der Waals surface area contributed by atoms with Gasteiger partial charge in [-0.1, -0.05) is 13.8 Å². The Balaban J connectivity index is 1.73. The van der Waals surface area contributed by atoms with Gasteiger partial charge in [-0.25, -0.2) is 4.79 Å². The number of fused-ring (bicyclic) bond motifs is 2. The molecule has 3 heterocycles. The number of methoxy groups -OCH3 is 1. The minimum absolute atomic E-state index is 0.119. The number of esters is 1. The molecule has 2 amide bonds. The third-order valence-electron chi connectivity index (χ3n) is 5.35. The summed E-state index contributed by atoms with van der Waals surface area (Å²) in [6.45, 7) is 6.84. The molecule has 0 aromatic carbocycles. The van der Waals surface area contributed by atoms with Crippen LogP contribution in [0.25, 0.3) is 0 Å². The van der Waals surface area contributed by atoms with Crippen LogP contribution in [0, 0.1) is 5.92 Å². The van der Waals surface area contributed by atoms with Gasteiger partial charge in [0.25, 0.3) is 11.8 Å². The van der Waals surface area contributed by atoms with Gasteiger partial charge in [0.2, 0.25) is 0 Å². The van der Waals surface area contributed by atoms with Crippen LogP contribution < -0.4 is 0 Å². The van der Waals surface area contributed by atoms with Gasteiger partial charge in [-0.05, 0) is 19.4 Å². The van der Waals surface area contributed by atoms with E-state index < -0.39 is 30.5 Å². The normalized spacial score (nSPS) is 30.0. The monoisotopic (exact) mass is 383 g/mol. The molecule has 3 aliphatic heterocycles. The summed E-state index contributed by atoms with van der Waals surface area (Å²) in [6.07, 6.45) is -2.17. The lowest BCUT2D eigenvalue weighted by molar-refractivity contribution is -0.174. The van der Waals surface area contributed by atoms with Gasteiger partial charge < -0.3 is 28.9 Å². The molecule has 0 saturated carbocycles. The molecule has 2 bridgehead atoms. The zero-order valence-electron chi connectivity index (χ0n) is 16.4. The second-order valence-electron chi connectivity index (χ2n) is 7.83. The number of amides is 2. The highest BCUT2D eigenvalue weighted by molar-refractivity contribution is 5.94. The maximum atomic E-state index is 13.0. The molecule has 3 fully saturated rings. The lowest BCUT2D eigenvalue weighted by Gasteiger charge is -2.36. The summed E-state index contributed by atoms with van der Waals surface area (Å²) in [5, 5.41) is 0. The number of hydrogen-bond acceptors (Lipinski definition) is 7.